The average Bonchev–Trinajstić information content (AvgIpc) is 2.93. The number of halogens is 1. The molecule has 1 saturated carbocycles. The molecule has 0 amide bonds. The highest BCUT2D eigenvalue weighted by Crippen LogP contribution is 2.28. The molecular formula is C13H28IN3OS. The van der Waals surface area contributed by atoms with Crippen LogP contribution in [0, 0.1) is 5.92 Å². The number of guanidine groups is 1. The Bertz CT molecular complexity index is 328. The zero-order valence-corrected chi connectivity index (χ0v) is 15.8. The summed E-state index contributed by atoms with van der Waals surface area (Å²) in [5.41, 5.74) is 0. The van der Waals surface area contributed by atoms with Crippen molar-refractivity contribution in [3.63, 3.8) is 0 Å². The highest BCUT2D eigenvalue weighted by Gasteiger charge is 2.33. The molecule has 4 nitrogen and oxygen atoms in total. The highest BCUT2D eigenvalue weighted by atomic mass is 127. The van der Waals surface area contributed by atoms with Gasteiger partial charge in [0.05, 0.1) is 6.54 Å². The zero-order valence-electron chi connectivity index (χ0n) is 12.7. The third-order valence-corrected chi connectivity index (χ3v) is 4.92. The lowest BCUT2D eigenvalue weighted by Crippen LogP contribution is -2.39. The summed E-state index contributed by atoms with van der Waals surface area (Å²) in [7, 11) is -0.824. The molecule has 19 heavy (non-hydrogen) atoms. The van der Waals surface area contributed by atoms with Crippen molar-refractivity contribution in [2.75, 3.05) is 18.8 Å². The van der Waals surface area contributed by atoms with Crippen molar-refractivity contribution in [1.29, 1.82) is 0 Å². The van der Waals surface area contributed by atoms with Gasteiger partial charge in [0, 0.05) is 33.9 Å². The SMILES string of the molecule is CCNC(=NCCS(=O)C(C)(C)C)NC1CC1C.I. The Hall–Kier alpha value is 0.150. The van der Waals surface area contributed by atoms with Crippen LogP contribution in [0.15, 0.2) is 4.99 Å². The molecule has 3 atom stereocenters. The van der Waals surface area contributed by atoms with Crippen LogP contribution in [-0.2, 0) is 10.8 Å². The summed E-state index contributed by atoms with van der Waals surface area (Å²) in [6, 6.07) is 0.566. The van der Waals surface area contributed by atoms with Crippen LogP contribution >= 0.6 is 24.0 Å². The van der Waals surface area contributed by atoms with Gasteiger partial charge in [-0.15, -0.1) is 24.0 Å². The van der Waals surface area contributed by atoms with Crippen LogP contribution in [0.4, 0.5) is 0 Å². The molecule has 2 N–H and O–H groups in total. The van der Waals surface area contributed by atoms with Gasteiger partial charge < -0.3 is 10.6 Å². The Morgan fingerprint density at radius 1 is 1.42 bits per heavy atom. The number of hydrogen-bond acceptors (Lipinski definition) is 2. The maximum absolute atomic E-state index is 11.9. The molecule has 6 heteroatoms. The Morgan fingerprint density at radius 2 is 2.00 bits per heavy atom. The lowest BCUT2D eigenvalue weighted by atomic mass is 10.3. The third kappa shape index (κ3) is 7.48. The van der Waals surface area contributed by atoms with Crippen molar-refractivity contribution >= 4 is 40.7 Å². The molecule has 0 heterocycles. The van der Waals surface area contributed by atoms with Crippen LogP contribution in [0.25, 0.3) is 0 Å². The first-order chi connectivity index (χ1) is 8.34. The zero-order chi connectivity index (χ0) is 13.8. The molecule has 3 unspecified atom stereocenters. The number of rotatable bonds is 5. The summed E-state index contributed by atoms with van der Waals surface area (Å²) >= 11 is 0. The minimum absolute atomic E-state index is 0. The fourth-order valence-electron chi connectivity index (χ4n) is 1.57. The molecule has 0 aliphatic heterocycles. The van der Waals surface area contributed by atoms with Gasteiger partial charge in [0.2, 0.25) is 0 Å². The van der Waals surface area contributed by atoms with Gasteiger partial charge in [-0.25, -0.2) is 0 Å². The second-order valence-electron chi connectivity index (χ2n) is 5.89. The van der Waals surface area contributed by atoms with Crippen LogP contribution < -0.4 is 10.6 Å². The van der Waals surface area contributed by atoms with E-state index in [1.54, 1.807) is 0 Å². The molecule has 1 aliphatic carbocycles. The van der Waals surface area contributed by atoms with Gasteiger partial charge in [-0.3, -0.25) is 9.20 Å². The predicted molar refractivity (Wildman–Crippen MR) is 94.9 cm³/mol. The van der Waals surface area contributed by atoms with E-state index in [9.17, 15) is 4.21 Å². The molecule has 0 aromatic carbocycles. The monoisotopic (exact) mass is 401 g/mol. The lowest BCUT2D eigenvalue weighted by Gasteiger charge is -2.17. The van der Waals surface area contributed by atoms with Crippen LogP contribution in [0.1, 0.15) is 41.0 Å². The third-order valence-electron chi connectivity index (χ3n) is 3.01. The Kier molecular flexibility index (Phi) is 8.51. The van der Waals surface area contributed by atoms with E-state index in [0.717, 1.165) is 18.4 Å². The number of nitrogens with zero attached hydrogens (tertiary/aromatic N) is 1. The van der Waals surface area contributed by atoms with Crippen LogP contribution in [0.5, 0.6) is 0 Å². The highest BCUT2D eigenvalue weighted by molar-refractivity contribution is 14.0. The van der Waals surface area contributed by atoms with Crippen molar-refractivity contribution in [3.05, 3.63) is 0 Å². The Morgan fingerprint density at radius 3 is 2.42 bits per heavy atom. The summed E-state index contributed by atoms with van der Waals surface area (Å²) in [5.74, 6) is 2.23. The average molecular weight is 401 g/mol. The van der Waals surface area contributed by atoms with Gasteiger partial charge in [-0.05, 0) is 40.0 Å². The van der Waals surface area contributed by atoms with Crippen LogP contribution in [-0.4, -0.2) is 39.8 Å². The molecule has 0 aromatic heterocycles. The van der Waals surface area contributed by atoms with E-state index in [1.165, 1.54) is 6.42 Å². The first-order valence-electron chi connectivity index (χ1n) is 6.78. The largest absolute Gasteiger partial charge is 0.357 e. The van der Waals surface area contributed by atoms with Crippen LogP contribution in [0.2, 0.25) is 0 Å². The molecule has 0 saturated heterocycles. The maximum atomic E-state index is 11.9. The van der Waals surface area contributed by atoms with Gasteiger partial charge in [0.1, 0.15) is 0 Å². The van der Waals surface area contributed by atoms with Crippen LogP contribution in [0.3, 0.4) is 0 Å². The van der Waals surface area contributed by atoms with E-state index in [4.69, 9.17) is 0 Å². The van der Waals surface area contributed by atoms with Crippen molar-refractivity contribution in [2.45, 2.75) is 51.8 Å². The van der Waals surface area contributed by atoms with E-state index in [-0.39, 0.29) is 28.7 Å². The number of hydrogen-bond donors (Lipinski definition) is 2. The van der Waals surface area contributed by atoms with Gasteiger partial charge in [-0.1, -0.05) is 6.92 Å². The topological polar surface area (TPSA) is 53.5 Å². The van der Waals surface area contributed by atoms with Crippen molar-refractivity contribution < 1.29 is 4.21 Å². The first-order valence-corrected chi connectivity index (χ1v) is 8.09. The van der Waals surface area contributed by atoms with E-state index in [1.807, 2.05) is 20.8 Å². The summed E-state index contributed by atoms with van der Waals surface area (Å²) in [6.45, 7) is 11.8. The minimum Gasteiger partial charge on any atom is -0.357 e. The van der Waals surface area contributed by atoms with E-state index >= 15 is 0 Å². The molecular weight excluding hydrogens is 373 g/mol. The lowest BCUT2D eigenvalue weighted by molar-refractivity contribution is 0.648. The minimum atomic E-state index is -0.824. The van der Waals surface area contributed by atoms with E-state index in [2.05, 4.69) is 29.5 Å². The normalized spacial score (nSPS) is 24.4. The molecule has 0 bridgehead atoms. The molecule has 0 spiro atoms. The molecule has 1 rings (SSSR count). The van der Waals surface area contributed by atoms with Crippen molar-refractivity contribution in [1.82, 2.24) is 10.6 Å². The van der Waals surface area contributed by atoms with E-state index < -0.39 is 10.8 Å². The number of nitrogens with one attached hydrogen (secondary N) is 2. The summed E-state index contributed by atoms with van der Waals surface area (Å²) in [6.07, 6.45) is 1.22. The molecule has 114 valence electrons. The smallest absolute Gasteiger partial charge is 0.191 e. The first kappa shape index (κ1) is 19.1. The maximum Gasteiger partial charge on any atom is 0.191 e. The summed E-state index contributed by atoms with van der Waals surface area (Å²) in [5, 5.41) is 6.62. The fourth-order valence-corrected chi connectivity index (χ4v) is 2.43. The molecule has 1 aliphatic rings. The quantitative estimate of drug-likeness (QED) is 0.422. The Balaban J connectivity index is 0.00000324. The summed E-state index contributed by atoms with van der Waals surface area (Å²) in [4.78, 5) is 4.48. The second-order valence-corrected chi connectivity index (χ2v) is 8.21. The van der Waals surface area contributed by atoms with Gasteiger partial charge in [0.25, 0.3) is 0 Å². The Labute approximate surface area is 137 Å². The molecule has 0 aromatic rings. The van der Waals surface area contributed by atoms with Gasteiger partial charge in [0.15, 0.2) is 5.96 Å². The van der Waals surface area contributed by atoms with Gasteiger partial charge in [-0.2, -0.15) is 0 Å². The fraction of sp³-hybridized carbons (Fsp3) is 0.923. The van der Waals surface area contributed by atoms with Crippen molar-refractivity contribution in [3.8, 4) is 0 Å². The van der Waals surface area contributed by atoms with Gasteiger partial charge >= 0.3 is 0 Å². The summed E-state index contributed by atoms with van der Waals surface area (Å²) < 4.78 is 11.7. The second kappa shape index (κ2) is 8.44. The number of aliphatic imine (C=N–C) groups is 1. The standard InChI is InChI=1S/C13H27N3OS.HI/c1-6-14-12(16-11-9-10(11)2)15-7-8-18(17)13(3,4)5;/h10-11H,6-9H2,1-5H3,(H2,14,15,16);1H. The molecule has 0 radical (unpaired) electrons. The van der Waals surface area contributed by atoms with Crippen molar-refractivity contribution in [2.24, 2.45) is 10.9 Å². The predicted octanol–water partition coefficient (Wildman–Crippen LogP) is 2.12. The molecule has 1 fully saturated rings. The van der Waals surface area contributed by atoms with E-state index in [0.29, 0.717) is 18.3 Å².